The average Bonchev–Trinajstić information content (AvgIpc) is 3.28. The number of rotatable bonds is 6. The lowest BCUT2D eigenvalue weighted by Crippen LogP contribution is -2.41. The summed E-state index contributed by atoms with van der Waals surface area (Å²) < 4.78 is 13.0. The Hall–Kier alpha value is -3.15. The Morgan fingerprint density at radius 1 is 1.24 bits per heavy atom. The minimum atomic E-state index is -0.479. The van der Waals surface area contributed by atoms with E-state index in [0.29, 0.717) is 32.4 Å². The van der Waals surface area contributed by atoms with Crippen LogP contribution in [0.1, 0.15) is 29.5 Å². The van der Waals surface area contributed by atoms with E-state index in [1.54, 1.807) is 17.0 Å². The summed E-state index contributed by atoms with van der Waals surface area (Å²) in [5, 5.41) is 4.01. The van der Waals surface area contributed by atoms with Crippen molar-refractivity contribution in [3.63, 3.8) is 0 Å². The number of aromatic amines is 1. The Balaban J connectivity index is 1.31. The van der Waals surface area contributed by atoms with Gasteiger partial charge in [0.25, 0.3) is 0 Å². The number of carbonyl (C=O) groups is 2. The molecule has 2 N–H and O–H groups in total. The summed E-state index contributed by atoms with van der Waals surface area (Å²) in [5.41, 5.74) is 4.26. The number of halogens is 1. The Labute approximate surface area is 168 Å². The third-order valence-electron chi connectivity index (χ3n) is 5.55. The smallest absolute Gasteiger partial charge is 0.245 e. The van der Waals surface area contributed by atoms with Crippen LogP contribution in [0, 0.1) is 12.7 Å². The summed E-state index contributed by atoms with van der Waals surface area (Å²) in [4.78, 5) is 30.0. The van der Waals surface area contributed by atoms with E-state index in [2.05, 4.69) is 29.4 Å². The van der Waals surface area contributed by atoms with Gasteiger partial charge in [-0.1, -0.05) is 30.3 Å². The highest BCUT2D eigenvalue weighted by atomic mass is 19.1. The number of carbonyl (C=O) groups excluding carboxylic acids is 2. The number of fused-ring (bicyclic) bond motifs is 1. The van der Waals surface area contributed by atoms with Gasteiger partial charge < -0.3 is 15.2 Å². The molecule has 0 bridgehead atoms. The second-order valence-electron chi connectivity index (χ2n) is 7.61. The second kappa shape index (κ2) is 8.07. The molecule has 6 heteroatoms. The van der Waals surface area contributed by atoms with Gasteiger partial charge in [0, 0.05) is 36.6 Å². The summed E-state index contributed by atoms with van der Waals surface area (Å²) in [6, 6.07) is 11.8. The molecule has 1 fully saturated rings. The number of hydrogen-bond donors (Lipinski definition) is 2. The van der Waals surface area contributed by atoms with Crippen LogP contribution in [0.4, 0.5) is 4.39 Å². The molecule has 1 aromatic heterocycles. The highest BCUT2D eigenvalue weighted by Crippen LogP contribution is 2.22. The van der Waals surface area contributed by atoms with Crippen molar-refractivity contribution in [1.29, 1.82) is 0 Å². The lowest BCUT2D eigenvalue weighted by atomic mass is 10.1. The van der Waals surface area contributed by atoms with Gasteiger partial charge in [-0.15, -0.1) is 0 Å². The fourth-order valence-electron chi connectivity index (χ4n) is 3.93. The van der Waals surface area contributed by atoms with Gasteiger partial charge in [-0.3, -0.25) is 9.59 Å². The van der Waals surface area contributed by atoms with Crippen LogP contribution >= 0.6 is 0 Å². The molecule has 2 heterocycles. The van der Waals surface area contributed by atoms with Crippen LogP contribution in [-0.4, -0.2) is 34.3 Å². The molecule has 1 saturated heterocycles. The number of nitrogens with zero attached hydrogens (tertiary/aromatic N) is 1. The van der Waals surface area contributed by atoms with Crippen molar-refractivity contribution >= 4 is 22.7 Å². The van der Waals surface area contributed by atoms with E-state index in [9.17, 15) is 14.0 Å². The molecule has 29 heavy (non-hydrogen) atoms. The molecule has 2 aromatic carbocycles. The highest BCUT2D eigenvalue weighted by Gasteiger charge is 2.32. The van der Waals surface area contributed by atoms with E-state index in [4.69, 9.17) is 0 Å². The molecule has 3 aromatic rings. The topological polar surface area (TPSA) is 65.2 Å². The van der Waals surface area contributed by atoms with Crippen LogP contribution in [0.2, 0.25) is 0 Å². The summed E-state index contributed by atoms with van der Waals surface area (Å²) in [7, 11) is 0. The average molecular weight is 393 g/mol. The van der Waals surface area contributed by atoms with E-state index in [1.165, 1.54) is 17.7 Å². The van der Waals surface area contributed by atoms with E-state index < -0.39 is 6.04 Å². The van der Waals surface area contributed by atoms with Gasteiger partial charge >= 0.3 is 0 Å². The van der Waals surface area contributed by atoms with Gasteiger partial charge in [0.15, 0.2) is 0 Å². The summed E-state index contributed by atoms with van der Waals surface area (Å²) >= 11 is 0. The zero-order valence-corrected chi connectivity index (χ0v) is 16.4. The first-order valence-electron chi connectivity index (χ1n) is 9.89. The van der Waals surface area contributed by atoms with Crippen molar-refractivity contribution in [2.24, 2.45) is 0 Å². The molecule has 0 spiro atoms. The number of amides is 2. The van der Waals surface area contributed by atoms with Crippen LogP contribution in [0.5, 0.6) is 0 Å². The van der Waals surface area contributed by atoms with Crippen molar-refractivity contribution in [1.82, 2.24) is 15.2 Å². The number of benzene rings is 2. The third kappa shape index (κ3) is 4.16. The lowest BCUT2D eigenvalue weighted by molar-refractivity contribution is -0.133. The van der Waals surface area contributed by atoms with Crippen LogP contribution in [0.15, 0.2) is 48.7 Å². The van der Waals surface area contributed by atoms with Crippen LogP contribution in [0.25, 0.3) is 10.9 Å². The Kier molecular flexibility index (Phi) is 5.34. The molecule has 1 atom stereocenters. The van der Waals surface area contributed by atoms with Crippen LogP contribution in [0.3, 0.4) is 0 Å². The zero-order chi connectivity index (χ0) is 20.4. The lowest BCUT2D eigenvalue weighted by Gasteiger charge is -2.17. The van der Waals surface area contributed by atoms with Gasteiger partial charge in [0.1, 0.15) is 11.9 Å². The number of likely N-dealkylation sites (tertiary alicyclic amines) is 1. The van der Waals surface area contributed by atoms with Gasteiger partial charge in [-0.2, -0.15) is 0 Å². The molecule has 0 aliphatic carbocycles. The van der Waals surface area contributed by atoms with Gasteiger partial charge in [-0.25, -0.2) is 4.39 Å². The van der Waals surface area contributed by atoms with Crippen molar-refractivity contribution < 1.29 is 14.0 Å². The number of nitrogens with one attached hydrogen (secondary N) is 2. The fourth-order valence-corrected chi connectivity index (χ4v) is 3.93. The molecular weight excluding hydrogens is 369 g/mol. The molecule has 150 valence electrons. The van der Waals surface area contributed by atoms with Gasteiger partial charge in [-0.05, 0) is 48.6 Å². The summed E-state index contributed by atoms with van der Waals surface area (Å²) in [5.74, 6) is -0.489. The molecule has 1 aliphatic rings. The maximum Gasteiger partial charge on any atom is 0.245 e. The third-order valence-corrected chi connectivity index (χ3v) is 5.55. The molecule has 4 rings (SSSR count). The quantitative estimate of drug-likeness (QED) is 0.674. The SMILES string of the molecule is Cc1cccc2c(CCC(=O)NC3CCN(Cc4ccc(F)cc4)C3=O)c[nH]c12. The van der Waals surface area contributed by atoms with Gasteiger partial charge in [0.05, 0.1) is 0 Å². The normalized spacial score (nSPS) is 16.6. The van der Waals surface area contributed by atoms with Crippen molar-refractivity contribution in [3.05, 3.63) is 71.2 Å². The van der Waals surface area contributed by atoms with Crippen LogP contribution in [-0.2, 0) is 22.6 Å². The predicted octanol–water partition coefficient (Wildman–Crippen LogP) is 3.47. The first-order chi connectivity index (χ1) is 14.0. The maximum absolute atomic E-state index is 13.0. The number of para-hydroxylation sites is 1. The largest absolute Gasteiger partial charge is 0.361 e. The standard InChI is InChI=1S/C23H24FN3O2/c1-15-3-2-4-19-17(13-25-22(15)19)7-10-21(28)26-20-11-12-27(23(20)29)14-16-5-8-18(24)9-6-16/h2-6,8-9,13,20,25H,7,10-12,14H2,1H3,(H,26,28). The van der Waals surface area contributed by atoms with E-state index in [-0.39, 0.29) is 17.6 Å². The minimum absolute atomic E-state index is 0.0783. The number of H-pyrrole nitrogens is 1. The first-order valence-corrected chi connectivity index (χ1v) is 9.89. The molecule has 5 nitrogen and oxygen atoms in total. The highest BCUT2D eigenvalue weighted by molar-refractivity contribution is 5.90. The fraction of sp³-hybridized carbons (Fsp3) is 0.304. The number of aryl methyl sites for hydroxylation is 2. The maximum atomic E-state index is 13.0. The van der Waals surface area contributed by atoms with E-state index in [1.807, 2.05) is 12.3 Å². The number of aromatic nitrogens is 1. The van der Waals surface area contributed by atoms with Gasteiger partial charge in [0.2, 0.25) is 11.8 Å². The molecule has 2 amide bonds. The van der Waals surface area contributed by atoms with Crippen molar-refractivity contribution in [3.8, 4) is 0 Å². The monoisotopic (exact) mass is 393 g/mol. The predicted molar refractivity (Wildman–Crippen MR) is 110 cm³/mol. The molecule has 0 saturated carbocycles. The minimum Gasteiger partial charge on any atom is -0.361 e. The Morgan fingerprint density at radius 3 is 2.83 bits per heavy atom. The zero-order valence-electron chi connectivity index (χ0n) is 16.4. The first kappa shape index (κ1) is 19.2. The second-order valence-corrected chi connectivity index (χ2v) is 7.61. The Bertz CT molecular complexity index is 1040. The Morgan fingerprint density at radius 2 is 2.03 bits per heavy atom. The molecule has 1 unspecified atom stereocenters. The van der Waals surface area contributed by atoms with Crippen molar-refractivity contribution in [2.75, 3.05) is 6.54 Å². The molecular formula is C23H24FN3O2. The summed E-state index contributed by atoms with van der Waals surface area (Å²) in [6.07, 6.45) is 3.51. The summed E-state index contributed by atoms with van der Waals surface area (Å²) in [6.45, 7) is 3.07. The van der Waals surface area contributed by atoms with Crippen LogP contribution < -0.4 is 5.32 Å². The number of hydrogen-bond acceptors (Lipinski definition) is 2. The van der Waals surface area contributed by atoms with Crippen molar-refractivity contribution in [2.45, 2.75) is 38.8 Å². The molecule has 0 radical (unpaired) electrons. The molecule has 1 aliphatic heterocycles. The van der Waals surface area contributed by atoms with E-state index in [0.717, 1.165) is 22.0 Å². The van der Waals surface area contributed by atoms with E-state index >= 15 is 0 Å².